The molecule has 0 unspecified atom stereocenters. The second kappa shape index (κ2) is 4.43. The highest BCUT2D eigenvalue weighted by atomic mass is 79.9. The minimum absolute atomic E-state index is 0.440. The van der Waals surface area contributed by atoms with Crippen molar-refractivity contribution in [2.75, 3.05) is 13.1 Å². The van der Waals surface area contributed by atoms with E-state index in [4.69, 9.17) is 0 Å². The van der Waals surface area contributed by atoms with Crippen LogP contribution >= 0.6 is 15.9 Å². The van der Waals surface area contributed by atoms with E-state index in [9.17, 15) is 0 Å². The number of halogens is 1. The second-order valence-corrected chi connectivity index (χ2v) is 4.71. The van der Waals surface area contributed by atoms with E-state index in [2.05, 4.69) is 57.8 Å². The van der Waals surface area contributed by atoms with Gasteiger partial charge in [0.2, 0.25) is 0 Å². The van der Waals surface area contributed by atoms with Crippen molar-refractivity contribution in [3.63, 3.8) is 0 Å². The van der Waals surface area contributed by atoms with Crippen LogP contribution in [0.1, 0.15) is 18.5 Å². The Kier molecular flexibility index (Phi) is 3.21. The number of nitrogens with one attached hydrogen (secondary N) is 2. The first-order valence-electron chi connectivity index (χ1n) is 4.98. The van der Waals surface area contributed by atoms with Gasteiger partial charge in [-0.3, -0.25) is 0 Å². The highest BCUT2D eigenvalue weighted by Crippen LogP contribution is 2.17. The Hall–Kier alpha value is -0.380. The molecule has 2 N–H and O–H groups in total. The summed E-state index contributed by atoms with van der Waals surface area (Å²) in [6.45, 7) is 4.41. The van der Waals surface area contributed by atoms with Gasteiger partial charge < -0.3 is 10.6 Å². The van der Waals surface area contributed by atoms with E-state index < -0.39 is 0 Å². The van der Waals surface area contributed by atoms with Crippen LogP contribution in [0.15, 0.2) is 28.7 Å². The molecule has 1 aromatic rings. The van der Waals surface area contributed by atoms with Gasteiger partial charge in [-0.25, -0.2) is 0 Å². The topological polar surface area (TPSA) is 24.1 Å². The molecule has 0 aliphatic carbocycles. The van der Waals surface area contributed by atoms with Gasteiger partial charge in [0.05, 0.1) is 0 Å². The average molecular weight is 255 g/mol. The smallest absolute Gasteiger partial charge is 0.0322 e. The Morgan fingerprint density at radius 1 is 1.36 bits per heavy atom. The minimum atomic E-state index is 0.440. The summed E-state index contributed by atoms with van der Waals surface area (Å²) in [6, 6.07) is 9.59. The summed E-state index contributed by atoms with van der Waals surface area (Å²) in [5.74, 6) is 0. The van der Waals surface area contributed by atoms with Crippen LogP contribution in [-0.2, 0) is 0 Å². The van der Waals surface area contributed by atoms with Crippen LogP contribution in [0, 0.1) is 0 Å². The summed E-state index contributed by atoms with van der Waals surface area (Å²) >= 11 is 3.44. The van der Waals surface area contributed by atoms with Gasteiger partial charge in [-0.1, -0.05) is 28.1 Å². The third kappa shape index (κ3) is 2.35. The molecule has 2 nitrogen and oxygen atoms in total. The number of hydrogen-bond donors (Lipinski definition) is 2. The molecule has 0 radical (unpaired) electrons. The number of rotatable bonds is 3. The molecule has 0 spiro atoms. The van der Waals surface area contributed by atoms with Gasteiger partial charge >= 0.3 is 0 Å². The van der Waals surface area contributed by atoms with Crippen LogP contribution in [0.2, 0.25) is 0 Å². The van der Waals surface area contributed by atoms with E-state index in [-0.39, 0.29) is 0 Å². The SMILES string of the molecule is C[C@@H](NC1CNC1)c1ccc(Br)cc1. The predicted molar refractivity (Wildman–Crippen MR) is 62.4 cm³/mol. The first-order valence-corrected chi connectivity index (χ1v) is 5.77. The largest absolute Gasteiger partial charge is 0.314 e. The molecule has 0 bridgehead atoms. The number of hydrogen-bond acceptors (Lipinski definition) is 2. The number of benzene rings is 1. The van der Waals surface area contributed by atoms with E-state index in [1.54, 1.807) is 0 Å². The summed E-state index contributed by atoms with van der Waals surface area (Å²) in [7, 11) is 0. The molecule has 2 rings (SSSR count). The van der Waals surface area contributed by atoms with Crippen LogP contribution < -0.4 is 10.6 Å². The third-order valence-corrected chi connectivity index (χ3v) is 3.17. The Morgan fingerprint density at radius 2 is 2.00 bits per heavy atom. The maximum absolute atomic E-state index is 3.57. The quantitative estimate of drug-likeness (QED) is 0.864. The van der Waals surface area contributed by atoms with Crippen molar-refractivity contribution in [3.05, 3.63) is 34.3 Å². The summed E-state index contributed by atoms with van der Waals surface area (Å²) < 4.78 is 1.14. The maximum Gasteiger partial charge on any atom is 0.0322 e. The zero-order chi connectivity index (χ0) is 9.97. The van der Waals surface area contributed by atoms with Gasteiger partial charge in [0.15, 0.2) is 0 Å². The van der Waals surface area contributed by atoms with Gasteiger partial charge in [0, 0.05) is 29.6 Å². The van der Waals surface area contributed by atoms with Crippen LogP contribution in [0.4, 0.5) is 0 Å². The molecule has 3 heteroatoms. The molecule has 0 saturated carbocycles. The van der Waals surface area contributed by atoms with Crippen molar-refractivity contribution < 1.29 is 0 Å². The Balaban J connectivity index is 1.95. The summed E-state index contributed by atoms with van der Waals surface area (Å²) in [5, 5.41) is 6.83. The molecule has 1 aromatic carbocycles. The van der Waals surface area contributed by atoms with Crippen molar-refractivity contribution in [2.45, 2.75) is 19.0 Å². The van der Waals surface area contributed by atoms with Crippen molar-refractivity contribution in [1.82, 2.24) is 10.6 Å². The lowest BCUT2D eigenvalue weighted by Gasteiger charge is -2.31. The van der Waals surface area contributed by atoms with E-state index >= 15 is 0 Å². The Morgan fingerprint density at radius 3 is 2.50 bits per heavy atom. The van der Waals surface area contributed by atoms with Crippen LogP contribution in [-0.4, -0.2) is 19.1 Å². The van der Waals surface area contributed by atoms with Gasteiger partial charge in [-0.2, -0.15) is 0 Å². The van der Waals surface area contributed by atoms with Crippen LogP contribution in [0.5, 0.6) is 0 Å². The molecule has 0 aromatic heterocycles. The standard InChI is InChI=1S/C11H15BrN2/c1-8(14-11-6-13-7-11)9-2-4-10(12)5-3-9/h2-5,8,11,13-14H,6-7H2,1H3/t8-/m1/s1. The van der Waals surface area contributed by atoms with E-state index in [0.717, 1.165) is 17.6 Å². The lowest BCUT2D eigenvalue weighted by molar-refractivity contribution is 0.338. The molecule has 1 saturated heterocycles. The minimum Gasteiger partial charge on any atom is -0.314 e. The van der Waals surface area contributed by atoms with Gasteiger partial charge in [-0.05, 0) is 24.6 Å². The zero-order valence-electron chi connectivity index (χ0n) is 8.26. The van der Waals surface area contributed by atoms with Gasteiger partial charge in [0.25, 0.3) is 0 Å². The molecule has 0 amide bonds. The molecule has 76 valence electrons. The summed E-state index contributed by atoms with van der Waals surface area (Å²) in [5.41, 5.74) is 1.35. The molecule has 1 aliphatic rings. The van der Waals surface area contributed by atoms with Crippen LogP contribution in [0.3, 0.4) is 0 Å². The zero-order valence-corrected chi connectivity index (χ0v) is 9.84. The summed E-state index contributed by atoms with van der Waals surface area (Å²) in [4.78, 5) is 0. The average Bonchev–Trinajstić information content (AvgIpc) is 2.12. The maximum atomic E-state index is 3.57. The molecular formula is C11H15BrN2. The molecule has 1 atom stereocenters. The molecule has 1 fully saturated rings. The first-order chi connectivity index (χ1) is 6.75. The van der Waals surface area contributed by atoms with Gasteiger partial charge in [0.1, 0.15) is 0 Å². The van der Waals surface area contributed by atoms with Crippen LogP contribution in [0.25, 0.3) is 0 Å². The first kappa shape index (κ1) is 10.1. The lowest BCUT2D eigenvalue weighted by Crippen LogP contribution is -2.55. The fourth-order valence-electron chi connectivity index (χ4n) is 1.61. The summed E-state index contributed by atoms with van der Waals surface area (Å²) in [6.07, 6.45) is 0. The van der Waals surface area contributed by atoms with Crippen molar-refractivity contribution in [2.24, 2.45) is 0 Å². The molecule has 1 aliphatic heterocycles. The van der Waals surface area contributed by atoms with Crippen molar-refractivity contribution >= 4 is 15.9 Å². The highest BCUT2D eigenvalue weighted by molar-refractivity contribution is 9.10. The highest BCUT2D eigenvalue weighted by Gasteiger charge is 2.18. The lowest BCUT2D eigenvalue weighted by atomic mass is 10.1. The Bertz CT molecular complexity index is 293. The fraction of sp³-hybridized carbons (Fsp3) is 0.455. The fourth-order valence-corrected chi connectivity index (χ4v) is 1.87. The van der Waals surface area contributed by atoms with E-state index in [1.165, 1.54) is 5.56 Å². The van der Waals surface area contributed by atoms with E-state index in [1.807, 2.05) is 0 Å². The molecular weight excluding hydrogens is 240 g/mol. The monoisotopic (exact) mass is 254 g/mol. The van der Waals surface area contributed by atoms with Gasteiger partial charge in [-0.15, -0.1) is 0 Å². The Labute approximate surface area is 93.2 Å². The predicted octanol–water partition coefficient (Wildman–Crippen LogP) is 2.07. The van der Waals surface area contributed by atoms with E-state index in [0.29, 0.717) is 12.1 Å². The normalized spacial score (nSPS) is 19.0. The van der Waals surface area contributed by atoms with Crippen molar-refractivity contribution in [1.29, 1.82) is 0 Å². The molecule has 14 heavy (non-hydrogen) atoms. The second-order valence-electron chi connectivity index (χ2n) is 3.80. The van der Waals surface area contributed by atoms with Crippen molar-refractivity contribution in [3.8, 4) is 0 Å². The molecule has 1 heterocycles. The third-order valence-electron chi connectivity index (χ3n) is 2.64.